The molecule has 4 aliphatic rings. The Labute approximate surface area is 223 Å². The van der Waals surface area contributed by atoms with Crippen LogP contribution in [0.25, 0.3) is 0 Å². The minimum atomic E-state index is -0.244. The summed E-state index contributed by atoms with van der Waals surface area (Å²) in [6, 6.07) is 25.8. The molecule has 0 N–H and O–H groups in total. The first-order chi connectivity index (χ1) is 18.0. The van der Waals surface area contributed by atoms with Crippen molar-refractivity contribution >= 4 is 16.9 Å². The molecule has 4 heteroatoms. The van der Waals surface area contributed by atoms with Gasteiger partial charge in [0.05, 0.1) is 17.5 Å². The average molecular weight is 514 g/mol. The van der Waals surface area contributed by atoms with E-state index in [9.17, 15) is 4.79 Å². The lowest BCUT2D eigenvalue weighted by molar-refractivity contribution is -0.157. The van der Waals surface area contributed by atoms with E-state index in [1.165, 1.54) is 53.2 Å². The van der Waals surface area contributed by atoms with Crippen LogP contribution in [0, 0.1) is 37.0 Å². The van der Waals surface area contributed by atoms with E-state index in [1.807, 2.05) is 0 Å². The maximum absolute atomic E-state index is 12.7. The summed E-state index contributed by atoms with van der Waals surface area (Å²) in [6.07, 6.45) is 7.95. The Kier molecular flexibility index (Phi) is 6.79. The first-order valence-corrected chi connectivity index (χ1v) is 14.9. The molecule has 3 aromatic rings. The van der Waals surface area contributed by atoms with Gasteiger partial charge in [-0.25, -0.2) is 4.79 Å². The van der Waals surface area contributed by atoms with Crippen LogP contribution >= 0.6 is 0 Å². The number of hydrogen-bond acceptors (Lipinski definition) is 3. The third-order valence-electron chi connectivity index (χ3n) is 8.67. The van der Waals surface area contributed by atoms with Gasteiger partial charge in [-0.1, -0.05) is 36.4 Å². The summed E-state index contributed by atoms with van der Waals surface area (Å²) in [7, 11) is -0.212. The molecule has 0 atom stereocenters. The second-order valence-electron chi connectivity index (χ2n) is 11.7. The Hall–Kier alpha value is -2.72. The molecule has 0 aliphatic heterocycles. The molecule has 192 valence electrons. The van der Waals surface area contributed by atoms with Gasteiger partial charge in [0.25, 0.3) is 0 Å². The molecular formula is C33H37O3S+. The predicted octanol–water partition coefficient (Wildman–Crippen LogP) is 7.54. The number of carbonyl (C=O) groups excluding carboxylic acids is 1. The van der Waals surface area contributed by atoms with Gasteiger partial charge in [0.1, 0.15) is 5.75 Å². The fourth-order valence-corrected chi connectivity index (χ4v) is 9.91. The van der Waals surface area contributed by atoms with Gasteiger partial charge in [0.2, 0.25) is 0 Å². The first-order valence-electron chi connectivity index (χ1n) is 13.7. The lowest BCUT2D eigenvalue weighted by Gasteiger charge is -2.56. The van der Waals surface area contributed by atoms with Gasteiger partial charge in [0.15, 0.2) is 21.3 Å². The fourth-order valence-electron chi connectivity index (χ4n) is 7.65. The number of benzene rings is 3. The molecule has 0 heterocycles. The summed E-state index contributed by atoms with van der Waals surface area (Å²) in [4.78, 5) is 16.6. The Bertz CT molecular complexity index is 1160. The van der Waals surface area contributed by atoms with Crippen LogP contribution in [0.4, 0.5) is 0 Å². The van der Waals surface area contributed by atoms with Crippen molar-refractivity contribution in [2.24, 2.45) is 23.2 Å². The standard InChI is InChI=1S/C33H37O3S/c1-23-13-30(37(28-9-5-3-6-10-28)29-11-7-4-8-12-29)14-24(2)32(23)35-21-31(34)36-22-33-18-25-15-26(19-33)17-27(16-25)20-33/h3-14,25-27H,15-22H2,1-2H3/q+1. The second kappa shape index (κ2) is 10.2. The van der Waals surface area contributed by atoms with Crippen LogP contribution < -0.4 is 4.74 Å². The molecule has 4 saturated carbocycles. The van der Waals surface area contributed by atoms with Crippen molar-refractivity contribution in [1.82, 2.24) is 0 Å². The van der Waals surface area contributed by atoms with E-state index in [0.717, 1.165) is 34.6 Å². The van der Waals surface area contributed by atoms with Gasteiger partial charge < -0.3 is 9.47 Å². The first kappa shape index (κ1) is 24.6. The Morgan fingerprint density at radius 2 is 1.27 bits per heavy atom. The van der Waals surface area contributed by atoms with E-state index in [4.69, 9.17) is 9.47 Å². The van der Waals surface area contributed by atoms with Crippen LogP contribution in [0.5, 0.6) is 5.75 Å². The van der Waals surface area contributed by atoms with Gasteiger partial charge in [-0.3, -0.25) is 0 Å². The largest absolute Gasteiger partial charge is 0.481 e. The van der Waals surface area contributed by atoms with Gasteiger partial charge in [0, 0.05) is 17.5 Å². The quantitative estimate of drug-likeness (QED) is 0.231. The molecule has 0 saturated heterocycles. The van der Waals surface area contributed by atoms with E-state index in [1.54, 1.807) is 0 Å². The summed E-state index contributed by atoms with van der Waals surface area (Å²) < 4.78 is 11.9. The normalized spacial score (nSPS) is 25.9. The van der Waals surface area contributed by atoms with Crippen LogP contribution in [0.15, 0.2) is 87.5 Å². The Morgan fingerprint density at radius 1 is 0.784 bits per heavy atom. The summed E-state index contributed by atoms with van der Waals surface area (Å²) in [5, 5.41) is 0. The highest BCUT2D eigenvalue weighted by molar-refractivity contribution is 7.97. The van der Waals surface area contributed by atoms with Gasteiger partial charge >= 0.3 is 5.97 Å². The molecular weight excluding hydrogens is 476 g/mol. The molecule has 0 spiro atoms. The number of rotatable bonds is 8. The predicted molar refractivity (Wildman–Crippen MR) is 148 cm³/mol. The molecule has 4 bridgehead atoms. The fraction of sp³-hybridized carbons (Fsp3) is 0.424. The lowest BCUT2D eigenvalue weighted by atomic mass is 9.50. The number of esters is 1. The third kappa shape index (κ3) is 5.18. The Morgan fingerprint density at radius 3 is 1.76 bits per heavy atom. The van der Waals surface area contributed by atoms with E-state index in [2.05, 4.69) is 86.6 Å². The molecule has 4 aliphatic carbocycles. The minimum Gasteiger partial charge on any atom is -0.481 e. The number of hydrogen-bond donors (Lipinski definition) is 0. The molecule has 0 unspecified atom stereocenters. The van der Waals surface area contributed by atoms with Crippen molar-refractivity contribution in [3.63, 3.8) is 0 Å². The van der Waals surface area contributed by atoms with Gasteiger partial charge in [-0.2, -0.15) is 0 Å². The maximum Gasteiger partial charge on any atom is 0.344 e. The lowest BCUT2D eigenvalue weighted by Crippen LogP contribution is -2.48. The highest BCUT2D eigenvalue weighted by Gasteiger charge is 2.51. The zero-order valence-corrected chi connectivity index (χ0v) is 22.8. The maximum atomic E-state index is 12.7. The van der Waals surface area contributed by atoms with Crippen molar-refractivity contribution in [2.75, 3.05) is 13.2 Å². The zero-order chi connectivity index (χ0) is 25.4. The van der Waals surface area contributed by atoms with Gasteiger partial charge in [-0.15, -0.1) is 0 Å². The minimum absolute atomic E-state index is 0.0313. The molecule has 0 aromatic heterocycles. The smallest absolute Gasteiger partial charge is 0.344 e. The Balaban J connectivity index is 1.14. The highest BCUT2D eigenvalue weighted by Crippen LogP contribution is 2.60. The SMILES string of the molecule is Cc1cc([S+](c2ccccc2)c2ccccc2)cc(C)c1OCC(=O)OCC12CC3CC(CC(C3)C1)C2. The molecule has 3 nitrogen and oxygen atoms in total. The van der Waals surface area contributed by atoms with Crippen LogP contribution in [-0.2, 0) is 20.4 Å². The second-order valence-corrected chi connectivity index (χ2v) is 13.7. The topological polar surface area (TPSA) is 35.5 Å². The molecule has 4 fully saturated rings. The molecule has 7 rings (SSSR count). The number of aryl methyl sites for hydroxylation is 2. The third-order valence-corrected chi connectivity index (χ3v) is 10.9. The molecule has 3 aromatic carbocycles. The van der Waals surface area contributed by atoms with Crippen molar-refractivity contribution in [1.29, 1.82) is 0 Å². The van der Waals surface area contributed by atoms with Crippen molar-refractivity contribution in [3.8, 4) is 5.75 Å². The average Bonchev–Trinajstić information content (AvgIpc) is 2.88. The molecule has 37 heavy (non-hydrogen) atoms. The highest BCUT2D eigenvalue weighted by atomic mass is 32.2. The van der Waals surface area contributed by atoms with E-state index >= 15 is 0 Å². The summed E-state index contributed by atoms with van der Waals surface area (Å²) >= 11 is 0. The van der Waals surface area contributed by atoms with E-state index in [-0.39, 0.29) is 28.9 Å². The van der Waals surface area contributed by atoms with Crippen LogP contribution in [0.1, 0.15) is 49.7 Å². The number of carbonyl (C=O) groups is 1. The summed E-state index contributed by atoms with van der Waals surface area (Å²) in [5.74, 6) is 3.14. The zero-order valence-electron chi connectivity index (χ0n) is 22.0. The van der Waals surface area contributed by atoms with Gasteiger partial charge in [-0.05, 0) is 106 Å². The van der Waals surface area contributed by atoms with Crippen molar-refractivity contribution in [3.05, 3.63) is 83.9 Å². The summed E-state index contributed by atoms with van der Waals surface area (Å²) in [6.45, 7) is 4.69. The van der Waals surface area contributed by atoms with Crippen LogP contribution in [-0.4, -0.2) is 19.2 Å². The van der Waals surface area contributed by atoms with Crippen LogP contribution in [0.3, 0.4) is 0 Å². The monoisotopic (exact) mass is 513 g/mol. The summed E-state index contributed by atoms with van der Waals surface area (Å²) in [5.41, 5.74) is 2.34. The van der Waals surface area contributed by atoms with Crippen LogP contribution in [0.2, 0.25) is 0 Å². The van der Waals surface area contributed by atoms with Crippen molar-refractivity contribution in [2.45, 2.75) is 67.1 Å². The molecule has 0 amide bonds. The molecule has 0 radical (unpaired) electrons. The van der Waals surface area contributed by atoms with Crippen molar-refractivity contribution < 1.29 is 14.3 Å². The number of ether oxygens (including phenoxy) is 2. The van der Waals surface area contributed by atoms with E-state index < -0.39 is 0 Å². The van der Waals surface area contributed by atoms with E-state index in [0.29, 0.717) is 6.61 Å².